The number of anilines is 1. The van der Waals surface area contributed by atoms with Crippen LogP contribution in [-0.4, -0.2) is 42.6 Å². The number of imidazole rings is 2. The Kier molecular flexibility index (Phi) is 4.43. The van der Waals surface area contributed by atoms with Gasteiger partial charge >= 0.3 is 0 Å². The molecule has 1 aromatic carbocycles. The van der Waals surface area contributed by atoms with Gasteiger partial charge in [-0.1, -0.05) is 11.6 Å². The van der Waals surface area contributed by atoms with Gasteiger partial charge in [0.1, 0.15) is 23.5 Å². The van der Waals surface area contributed by atoms with E-state index in [9.17, 15) is 4.39 Å². The number of piperidine rings is 1. The Hall–Kier alpha value is -3.00. The SMILES string of the molecule is Cn1cc(-c2ccc(F)c(Cl)c2)nc1C1CCN(c2ncnc3nc[nH]c23)CC1. The van der Waals surface area contributed by atoms with Crippen molar-refractivity contribution in [2.24, 2.45) is 7.05 Å². The van der Waals surface area contributed by atoms with Crippen LogP contribution < -0.4 is 4.90 Å². The van der Waals surface area contributed by atoms with Crippen LogP contribution in [0.3, 0.4) is 0 Å². The number of aromatic nitrogens is 6. The van der Waals surface area contributed by atoms with Crippen molar-refractivity contribution >= 4 is 28.6 Å². The quantitative estimate of drug-likeness (QED) is 0.552. The van der Waals surface area contributed by atoms with Gasteiger partial charge in [0, 0.05) is 37.8 Å². The summed E-state index contributed by atoms with van der Waals surface area (Å²) < 4.78 is 15.5. The molecule has 1 aliphatic heterocycles. The van der Waals surface area contributed by atoms with Crippen LogP contribution in [0.5, 0.6) is 0 Å². The van der Waals surface area contributed by atoms with Gasteiger partial charge in [-0.15, -0.1) is 0 Å². The summed E-state index contributed by atoms with van der Waals surface area (Å²) in [5.74, 6) is 1.86. The second kappa shape index (κ2) is 7.11. The average Bonchev–Trinajstić information content (AvgIpc) is 3.37. The van der Waals surface area contributed by atoms with E-state index < -0.39 is 5.82 Å². The predicted molar refractivity (Wildman–Crippen MR) is 109 cm³/mol. The van der Waals surface area contributed by atoms with E-state index in [2.05, 4.69) is 29.4 Å². The van der Waals surface area contributed by atoms with Crippen molar-refractivity contribution in [2.45, 2.75) is 18.8 Å². The van der Waals surface area contributed by atoms with Crippen molar-refractivity contribution < 1.29 is 4.39 Å². The molecule has 0 amide bonds. The molecule has 0 unspecified atom stereocenters. The highest BCUT2D eigenvalue weighted by atomic mass is 35.5. The molecular formula is C20H19ClFN7. The monoisotopic (exact) mass is 411 g/mol. The largest absolute Gasteiger partial charge is 0.355 e. The minimum atomic E-state index is -0.421. The lowest BCUT2D eigenvalue weighted by Crippen LogP contribution is -2.34. The zero-order valence-electron chi connectivity index (χ0n) is 15.8. The summed E-state index contributed by atoms with van der Waals surface area (Å²) in [6, 6.07) is 4.71. The number of benzene rings is 1. The van der Waals surface area contributed by atoms with E-state index in [-0.39, 0.29) is 5.02 Å². The van der Waals surface area contributed by atoms with E-state index in [0.717, 1.165) is 54.3 Å². The second-order valence-corrected chi connectivity index (χ2v) is 7.69. The number of hydrogen-bond acceptors (Lipinski definition) is 5. The number of H-pyrrole nitrogens is 1. The van der Waals surface area contributed by atoms with E-state index in [4.69, 9.17) is 16.6 Å². The standard InChI is InChI=1S/C20H19ClFN7/c1-28-9-16(13-2-3-15(22)14(21)8-13)27-19(28)12-4-6-29(7-5-12)20-17-18(24-10-23-17)25-11-26-20/h2-3,8-12H,4-7H2,1H3,(H,23,24,25,26). The van der Waals surface area contributed by atoms with Gasteiger partial charge in [0.15, 0.2) is 11.5 Å². The fourth-order valence-electron chi connectivity index (χ4n) is 4.00. The highest BCUT2D eigenvalue weighted by Crippen LogP contribution is 2.32. The minimum Gasteiger partial charge on any atom is -0.355 e. The van der Waals surface area contributed by atoms with Gasteiger partial charge in [0.25, 0.3) is 0 Å². The number of nitrogens with one attached hydrogen (secondary N) is 1. The van der Waals surface area contributed by atoms with Crippen LogP contribution in [0.15, 0.2) is 37.1 Å². The first-order chi connectivity index (χ1) is 14.1. The molecule has 4 aromatic rings. The highest BCUT2D eigenvalue weighted by molar-refractivity contribution is 6.31. The smallest absolute Gasteiger partial charge is 0.182 e. The molecule has 0 aliphatic carbocycles. The fraction of sp³-hybridized carbons (Fsp3) is 0.300. The third kappa shape index (κ3) is 3.23. The molecule has 7 nitrogen and oxygen atoms in total. The predicted octanol–water partition coefficient (Wildman–Crippen LogP) is 3.93. The summed E-state index contributed by atoms with van der Waals surface area (Å²) in [4.78, 5) is 23.1. The van der Waals surface area contributed by atoms with E-state index in [1.807, 2.05) is 13.2 Å². The van der Waals surface area contributed by atoms with Crippen LogP contribution in [0.25, 0.3) is 22.4 Å². The van der Waals surface area contributed by atoms with Gasteiger partial charge in [0.05, 0.1) is 17.0 Å². The number of aryl methyl sites for hydroxylation is 1. The van der Waals surface area contributed by atoms with E-state index >= 15 is 0 Å². The second-order valence-electron chi connectivity index (χ2n) is 7.28. The van der Waals surface area contributed by atoms with Gasteiger partial charge in [0.2, 0.25) is 0 Å². The molecule has 5 rings (SSSR count). The van der Waals surface area contributed by atoms with Gasteiger partial charge in [-0.05, 0) is 31.0 Å². The van der Waals surface area contributed by atoms with Crippen LogP contribution in [0.2, 0.25) is 5.02 Å². The molecule has 0 atom stereocenters. The number of halogens is 2. The van der Waals surface area contributed by atoms with Crippen LogP contribution in [0.1, 0.15) is 24.6 Å². The molecule has 0 spiro atoms. The molecule has 1 N–H and O–H groups in total. The maximum Gasteiger partial charge on any atom is 0.182 e. The summed E-state index contributed by atoms with van der Waals surface area (Å²) >= 11 is 5.93. The summed E-state index contributed by atoms with van der Waals surface area (Å²) in [5, 5.41) is 0.109. The molecule has 29 heavy (non-hydrogen) atoms. The van der Waals surface area contributed by atoms with Crippen molar-refractivity contribution in [3.05, 3.63) is 53.7 Å². The molecule has 148 valence electrons. The van der Waals surface area contributed by atoms with Crippen LogP contribution in [-0.2, 0) is 7.05 Å². The molecule has 0 saturated carbocycles. The minimum absolute atomic E-state index is 0.109. The average molecular weight is 412 g/mol. The molecule has 3 aromatic heterocycles. The Bertz CT molecular complexity index is 1180. The topological polar surface area (TPSA) is 75.5 Å². The lowest BCUT2D eigenvalue weighted by Gasteiger charge is -2.32. The summed E-state index contributed by atoms with van der Waals surface area (Å²) in [6.07, 6.45) is 7.11. The van der Waals surface area contributed by atoms with E-state index in [0.29, 0.717) is 11.6 Å². The van der Waals surface area contributed by atoms with Crippen LogP contribution >= 0.6 is 11.6 Å². The van der Waals surface area contributed by atoms with Gasteiger partial charge in [-0.25, -0.2) is 24.3 Å². The molecule has 4 heterocycles. The summed E-state index contributed by atoms with van der Waals surface area (Å²) in [7, 11) is 2.00. The lowest BCUT2D eigenvalue weighted by atomic mass is 9.96. The number of nitrogens with zero attached hydrogens (tertiary/aromatic N) is 6. The zero-order valence-corrected chi connectivity index (χ0v) is 16.6. The van der Waals surface area contributed by atoms with Gasteiger partial charge in [-0.2, -0.15) is 0 Å². The maximum absolute atomic E-state index is 13.5. The molecule has 9 heteroatoms. The number of fused-ring (bicyclic) bond motifs is 1. The molecule has 1 saturated heterocycles. The highest BCUT2D eigenvalue weighted by Gasteiger charge is 2.26. The number of aromatic amines is 1. The lowest BCUT2D eigenvalue weighted by molar-refractivity contribution is 0.474. The van der Waals surface area contributed by atoms with Gasteiger partial charge < -0.3 is 14.5 Å². The number of rotatable bonds is 3. The Morgan fingerprint density at radius 3 is 2.79 bits per heavy atom. The first-order valence-corrected chi connectivity index (χ1v) is 9.85. The first kappa shape index (κ1) is 18.1. The first-order valence-electron chi connectivity index (χ1n) is 9.48. The Morgan fingerprint density at radius 2 is 2.00 bits per heavy atom. The molecule has 1 aliphatic rings. The normalized spacial score (nSPS) is 15.3. The Balaban J connectivity index is 1.35. The van der Waals surface area contributed by atoms with Crippen molar-refractivity contribution in [2.75, 3.05) is 18.0 Å². The van der Waals surface area contributed by atoms with Crippen molar-refractivity contribution in [3.63, 3.8) is 0 Å². The third-order valence-corrected chi connectivity index (χ3v) is 5.78. The third-order valence-electron chi connectivity index (χ3n) is 5.49. The fourth-order valence-corrected chi connectivity index (χ4v) is 4.18. The van der Waals surface area contributed by atoms with Crippen molar-refractivity contribution in [1.82, 2.24) is 29.5 Å². The molecule has 0 bridgehead atoms. The summed E-state index contributed by atoms with van der Waals surface area (Å²) in [5.41, 5.74) is 3.18. The van der Waals surface area contributed by atoms with E-state index in [1.54, 1.807) is 24.8 Å². The van der Waals surface area contributed by atoms with Crippen LogP contribution in [0, 0.1) is 5.82 Å². The molecular weight excluding hydrogens is 393 g/mol. The van der Waals surface area contributed by atoms with Gasteiger partial charge in [-0.3, -0.25) is 0 Å². The van der Waals surface area contributed by atoms with E-state index in [1.165, 1.54) is 6.07 Å². The van der Waals surface area contributed by atoms with Crippen LogP contribution in [0.4, 0.5) is 10.2 Å². The van der Waals surface area contributed by atoms with Crippen molar-refractivity contribution in [1.29, 1.82) is 0 Å². The van der Waals surface area contributed by atoms with Crippen molar-refractivity contribution in [3.8, 4) is 11.3 Å². The molecule has 1 fully saturated rings. The number of hydrogen-bond donors (Lipinski definition) is 1. The summed E-state index contributed by atoms with van der Waals surface area (Å²) in [6.45, 7) is 1.75. The molecule has 0 radical (unpaired) electrons. The maximum atomic E-state index is 13.5. The Labute approximate surface area is 171 Å². The Morgan fingerprint density at radius 1 is 1.17 bits per heavy atom. The zero-order chi connectivity index (χ0) is 20.0.